The number of rotatable bonds is 6. The number of alkyl halides is 3. The number of para-hydroxylation sites is 1. The fourth-order valence-corrected chi connectivity index (χ4v) is 3.63. The Morgan fingerprint density at radius 3 is 2.41 bits per heavy atom. The van der Waals surface area contributed by atoms with Gasteiger partial charge in [-0.25, -0.2) is 8.42 Å². The second-order valence-electron chi connectivity index (χ2n) is 5.56. The van der Waals surface area contributed by atoms with Gasteiger partial charge >= 0.3 is 6.18 Å². The van der Waals surface area contributed by atoms with E-state index in [4.69, 9.17) is 0 Å². The van der Waals surface area contributed by atoms with Crippen LogP contribution < -0.4 is 9.62 Å². The summed E-state index contributed by atoms with van der Waals surface area (Å²) in [5.74, 6) is -0.883. The fraction of sp³-hybridized carbons (Fsp3) is 0.235. The van der Waals surface area contributed by atoms with Crippen LogP contribution in [0.15, 0.2) is 53.4 Å². The van der Waals surface area contributed by atoms with Gasteiger partial charge in [-0.2, -0.15) is 13.2 Å². The van der Waals surface area contributed by atoms with Gasteiger partial charge in [0.25, 0.3) is 0 Å². The van der Waals surface area contributed by atoms with E-state index in [0.717, 1.165) is 27.6 Å². The predicted octanol–water partition coefficient (Wildman–Crippen LogP) is 3.83. The number of carbonyl (C=O) groups is 1. The Balaban J connectivity index is 2.28. The molecule has 0 saturated carbocycles. The number of carbonyl (C=O) groups excluding carboxylic acids is 1. The van der Waals surface area contributed by atoms with E-state index < -0.39 is 39.9 Å². The summed E-state index contributed by atoms with van der Waals surface area (Å²) in [5, 5.41) is 2.15. The molecule has 27 heavy (non-hydrogen) atoms. The summed E-state index contributed by atoms with van der Waals surface area (Å²) < 4.78 is 64.2. The highest BCUT2D eigenvalue weighted by Gasteiger charge is 2.33. The molecule has 0 saturated heterocycles. The van der Waals surface area contributed by atoms with Crippen molar-refractivity contribution in [1.29, 1.82) is 0 Å². The molecule has 146 valence electrons. The van der Waals surface area contributed by atoms with Gasteiger partial charge in [-0.1, -0.05) is 18.2 Å². The highest BCUT2D eigenvalue weighted by atomic mass is 32.2. The van der Waals surface area contributed by atoms with E-state index in [9.17, 15) is 26.4 Å². The molecule has 0 aliphatic rings. The van der Waals surface area contributed by atoms with Crippen molar-refractivity contribution in [2.45, 2.75) is 11.1 Å². The van der Waals surface area contributed by atoms with E-state index in [2.05, 4.69) is 5.32 Å². The molecule has 0 atom stereocenters. The van der Waals surface area contributed by atoms with Crippen LogP contribution >= 0.6 is 11.8 Å². The lowest BCUT2D eigenvalue weighted by Crippen LogP contribution is -2.37. The Bertz CT molecular complexity index is 931. The van der Waals surface area contributed by atoms with Gasteiger partial charge in [0.15, 0.2) is 0 Å². The SMILES string of the molecule is CSc1cccc(N(CC(=O)Nc2ccccc2C(F)(F)F)S(C)(=O)=O)c1. The molecule has 10 heteroatoms. The molecule has 0 bridgehead atoms. The largest absolute Gasteiger partial charge is 0.418 e. The molecule has 0 aliphatic carbocycles. The second kappa shape index (κ2) is 8.22. The lowest BCUT2D eigenvalue weighted by atomic mass is 10.1. The summed E-state index contributed by atoms with van der Waals surface area (Å²) in [5.41, 5.74) is -1.18. The highest BCUT2D eigenvalue weighted by Crippen LogP contribution is 2.34. The quantitative estimate of drug-likeness (QED) is 0.724. The summed E-state index contributed by atoms with van der Waals surface area (Å²) in [4.78, 5) is 13.1. The number of nitrogens with one attached hydrogen (secondary N) is 1. The van der Waals surface area contributed by atoms with Crippen LogP contribution in [0, 0.1) is 0 Å². The zero-order valence-corrected chi connectivity index (χ0v) is 16.1. The van der Waals surface area contributed by atoms with Crippen molar-refractivity contribution < 1.29 is 26.4 Å². The van der Waals surface area contributed by atoms with Crippen LogP contribution in [0.3, 0.4) is 0 Å². The standard InChI is InChI=1S/C17H17F3N2O3S2/c1-26-13-7-5-6-12(10-13)22(27(2,24)25)11-16(23)21-15-9-4-3-8-14(15)17(18,19)20/h3-10H,11H2,1-2H3,(H,21,23). The molecule has 0 fully saturated rings. The minimum Gasteiger partial charge on any atom is -0.324 e. The third-order valence-corrected chi connectivity index (χ3v) is 5.40. The Labute approximate surface area is 159 Å². The van der Waals surface area contributed by atoms with Crippen LogP contribution in [0.1, 0.15) is 5.56 Å². The maximum atomic E-state index is 13.0. The smallest absolute Gasteiger partial charge is 0.324 e. The van der Waals surface area contributed by atoms with Gasteiger partial charge in [-0.15, -0.1) is 11.8 Å². The maximum Gasteiger partial charge on any atom is 0.418 e. The van der Waals surface area contributed by atoms with Crippen LogP contribution in [-0.2, 0) is 21.0 Å². The van der Waals surface area contributed by atoms with Crippen molar-refractivity contribution in [1.82, 2.24) is 0 Å². The topological polar surface area (TPSA) is 66.5 Å². The molecule has 2 aromatic rings. The number of amides is 1. The van der Waals surface area contributed by atoms with E-state index >= 15 is 0 Å². The molecule has 1 amide bonds. The van der Waals surface area contributed by atoms with Crippen LogP contribution in [0.4, 0.5) is 24.5 Å². The van der Waals surface area contributed by atoms with Crippen LogP contribution in [-0.4, -0.2) is 33.4 Å². The van der Waals surface area contributed by atoms with Crippen molar-refractivity contribution in [2.75, 3.05) is 28.7 Å². The number of thioether (sulfide) groups is 1. The number of benzene rings is 2. The van der Waals surface area contributed by atoms with E-state index in [-0.39, 0.29) is 5.69 Å². The molecular formula is C17H17F3N2O3S2. The van der Waals surface area contributed by atoms with Crippen molar-refractivity contribution in [3.05, 3.63) is 54.1 Å². The molecular weight excluding hydrogens is 401 g/mol. The Hall–Kier alpha value is -2.20. The van der Waals surface area contributed by atoms with Crippen molar-refractivity contribution in [2.24, 2.45) is 0 Å². The first kappa shape index (κ1) is 21.1. The summed E-state index contributed by atoms with van der Waals surface area (Å²) >= 11 is 1.39. The van der Waals surface area contributed by atoms with E-state index in [1.165, 1.54) is 30.0 Å². The zero-order valence-electron chi connectivity index (χ0n) is 14.4. The van der Waals surface area contributed by atoms with Crippen molar-refractivity contribution >= 4 is 39.1 Å². The average molecular weight is 418 g/mol. The van der Waals surface area contributed by atoms with E-state index in [1.54, 1.807) is 18.2 Å². The molecule has 2 aromatic carbocycles. The van der Waals surface area contributed by atoms with Crippen molar-refractivity contribution in [3.8, 4) is 0 Å². The second-order valence-corrected chi connectivity index (χ2v) is 8.35. The number of hydrogen-bond acceptors (Lipinski definition) is 4. The first-order valence-electron chi connectivity index (χ1n) is 7.60. The fourth-order valence-electron chi connectivity index (χ4n) is 2.33. The minimum atomic E-state index is -4.65. The molecule has 1 N–H and O–H groups in total. The third-order valence-electron chi connectivity index (χ3n) is 3.54. The first-order valence-corrected chi connectivity index (χ1v) is 10.7. The summed E-state index contributed by atoms with van der Waals surface area (Å²) in [7, 11) is -3.83. The number of halogens is 3. The molecule has 0 aliphatic heterocycles. The van der Waals surface area contributed by atoms with Gasteiger partial charge in [0.05, 0.1) is 23.2 Å². The van der Waals surface area contributed by atoms with Crippen LogP contribution in [0.25, 0.3) is 0 Å². The molecule has 0 spiro atoms. The predicted molar refractivity (Wildman–Crippen MR) is 100 cm³/mol. The molecule has 0 radical (unpaired) electrons. The molecule has 2 rings (SSSR count). The number of nitrogens with zero attached hydrogens (tertiary/aromatic N) is 1. The minimum absolute atomic E-state index is 0.253. The third kappa shape index (κ3) is 5.64. The monoisotopic (exact) mass is 418 g/mol. The zero-order chi connectivity index (χ0) is 20.2. The summed E-state index contributed by atoms with van der Waals surface area (Å²) in [6.07, 6.45) is -1.91. The summed E-state index contributed by atoms with van der Waals surface area (Å²) in [6, 6.07) is 11.0. The molecule has 0 heterocycles. The lowest BCUT2D eigenvalue weighted by Gasteiger charge is -2.23. The van der Waals surface area contributed by atoms with E-state index in [1.807, 2.05) is 6.26 Å². The Morgan fingerprint density at radius 1 is 1.15 bits per heavy atom. The normalized spacial score (nSPS) is 11.9. The molecule has 0 unspecified atom stereocenters. The average Bonchev–Trinajstić information content (AvgIpc) is 2.58. The van der Waals surface area contributed by atoms with E-state index in [0.29, 0.717) is 0 Å². The van der Waals surface area contributed by atoms with Gasteiger partial charge in [0.2, 0.25) is 15.9 Å². The number of hydrogen-bond donors (Lipinski definition) is 1. The molecule has 5 nitrogen and oxygen atoms in total. The van der Waals surface area contributed by atoms with Crippen molar-refractivity contribution in [3.63, 3.8) is 0 Å². The summed E-state index contributed by atoms with van der Waals surface area (Å²) in [6.45, 7) is -0.650. The van der Waals surface area contributed by atoms with Gasteiger partial charge in [-0.3, -0.25) is 9.10 Å². The lowest BCUT2D eigenvalue weighted by molar-refractivity contribution is -0.137. The van der Waals surface area contributed by atoms with Gasteiger partial charge in [0.1, 0.15) is 6.54 Å². The van der Waals surface area contributed by atoms with Gasteiger partial charge < -0.3 is 5.32 Å². The number of anilines is 2. The number of sulfonamides is 1. The molecule has 0 aromatic heterocycles. The van der Waals surface area contributed by atoms with Gasteiger partial charge in [0, 0.05) is 4.90 Å². The Kier molecular flexibility index (Phi) is 6.42. The van der Waals surface area contributed by atoms with Crippen LogP contribution in [0.2, 0.25) is 0 Å². The van der Waals surface area contributed by atoms with Crippen LogP contribution in [0.5, 0.6) is 0 Å². The first-order chi connectivity index (χ1) is 12.5. The maximum absolute atomic E-state index is 13.0. The Morgan fingerprint density at radius 2 is 1.81 bits per heavy atom. The highest BCUT2D eigenvalue weighted by molar-refractivity contribution is 7.98. The van der Waals surface area contributed by atoms with Gasteiger partial charge in [-0.05, 0) is 36.6 Å².